The van der Waals surface area contributed by atoms with Gasteiger partial charge in [-0.15, -0.1) is 0 Å². The smallest absolute Gasteiger partial charge is 0.428 e. The van der Waals surface area contributed by atoms with Gasteiger partial charge in [0.25, 0.3) is 0 Å². The van der Waals surface area contributed by atoms with Crippen molar-refractivity contribution in [3.05, 3.63) is 51.5 Å². The van der Waals surface area contributed by atoms with E-state index in [9.17, 15) is 9.18 Å². The molecule has 0 aliphatic heterocycles. The molecule has 2 aromatic rings. The first-order valence-corrected chi connectivity index (χ1v) is 8.39. The van der Waals surface area contributed by atoms with E-state index in [2.05, 4.69) is 31.6 Å². The van der Waals surface area contributed by atoms with Crippen LogP contribution in [-0.2, 0) is 11.8 Å². The summed E-state index contributed by atoms with van der Waals surface area (Å²) in [5.41, 5.74) is 3.46. The number of benzene rings is 1. The van der Waals surface area contributed by atoms with Crippen LogP contribution < -0.4 is 5.43 Å². The molecular formula is C17H20BrFN4O2. The van der Waals surface area contributed by atoms with E-state index in [1.54, 1.807) is 50.7 Å². The Morgan fingerprint density at radius 1 is 1.36 bits per heavy atom. The molecule has 1 amide bonds. The molecule has 8 heteroatoms. The summed E-state index contributed by atoms with van der Waals surface area (Å²) in [4.78, 5) is 11.9. The molecule has 0 radical (unpaired) electrons. The minimum absolute atomic E-state index is 0.238. The van der Waals surface area contributed by atoms with E-state index >= 15 is 0 Å². The Kier molecular flexibility index (Phi) is 5.62. The Morgan fingerprint density at radius 3 is 2.56 bits per heavy atom. The molecule has 25 heavy (non-hydrogen) atoms. The second kappa shape index (κ2) is 7.35. The number of carbonyl (C=O) groups excluding carboxylic acids is 1. The first kappa shape index (κ1) is 19.1. The van der Waals surface area contributed by atoms with E-state index in [1.807, 2.05) is 6.92 Å². The minimum atomic E-state index is -0.721. The van der Waals surface area contributed by atoms with Gasteiger partial charge in [0.15, 0.2) is 0 Å². The molecule has 1 heterocycles. The minimum Gasteiger partial charge on any atom is -0.443 e. The Labute approximate surface area is 154 Å². The average Bonchev–Trinajstić information content (AvgIpc) is 2.78. The van der Waals surface area contributed by atoms with Gasteiger partial charge >= 0.3 is 6.09 Å². The number of nitrogens with one attached hydrogen (secondary N) is 1. The molecule has 0 aliphatic rings. The number of ether oxygens (including phenoxy) is 1. The van der Waals surface area contributed by atoms with Gasteiger partial charge in [-0.2, -0.15) is 10.2 Å². The van der Waals surface area contributed by atoms with Crippen molar-refractivity contribution in [1.82, 2.24) is 15.2 Å². The highest BCUT2D eigenvalue weighted by Gasteiger charge is 2.19. The summed E-state index contributed by atoms with van der Waals surface area (Å²) in [6, 6.07) is 6.38. The van der Waals surface area contributed by atoms with Crippen molar-refractivity contribution < 1.29 is 13.9 Å². The van der Waals surface area contributed by atoms with Crippen molar-refractivity contribution in [3.63, 3.8) is 0 Å². The quantitative estimate of drug-likeness (QED) is 0.615. The van der Waals surface area contributed by atoms with Gasteiger partial charge in [-0.1, -0.05) is 15.9 Å². The number of aromatic nitrogens is 2. The van der Waals surface area contributed by atoms with Gasteiger partial charge in [0.05, 0.1) is 11.4 Å². The summed E-state index contributed by atoms with van der Waals surface area (Å²) >= 11 is 3.23. The lowest BCUT2D eigenvalue weighted by Gasteiger charge is -2.18. The molecule has 1 aromatic carbocycles. The molecule has 134 valence electrons. The van der Waals surface area contributed by atoms with Crippen LogP contribution in [0, 0.1) is 12.7 Å². The van der Waals surface area contributed by atoms with E-state index in [1.165, 1.54) is 6.07 Å². The summed E-state index contributed by atoms with van der Waals surface area (Å²) in [5, 5.41) is 8.34. The van der Waals surface area contributed by atoms with Crippen LogP contribution in [0.4, 0.5) is 9.18 Å². The van der Waals surface area contributed by atoms with Crippen molar-refractivity contribution in [1.29, 1.82) is 0 Å². The zero-order valence-electron chi connectivity index (χ0n) is 14.7. The van der Waals surface area contributed by atoms with E-state index in [0.29, 0.717) is 10.2 Å². The number of carbonyl (C=O) groups is 1. The van der Waals surface area contributed by atoms with Gasteiger partial charge in [-0.25, -0.2) is 14.6 Å². The summed E-state index contributed by atoms with van der Waals surface area (Å²) in [5.74, 6) is -0.474. The van der Waals surface area contributed by atoms with Crippen molar-refractivity contribution >= 4 is 27.7 Å². The fourth-order valence-electron chi connectivity index (χ4n) is 2.17. The molecule has 0 fully saturated rings. The van der Waals surface area contributed by atoms with Gasteiger partial charge in [0.1, 0.15) is 17.1 Å². The van der Waals surface area contributed by atoms with E-state index < -0.39 is 17.5 Å². The third kappa shape index (κ3) is 5.12. The number of halogens is 2. The van der Waals surface area contributed by atoms with Crippen LogP contribution in [0.15, 0.2) is 33.8 Å². The summed E-state index contributed by atoms with van der Waals surface area (Å²) < 4.78 is 21.8. The Morgan fingerprint density at radius 2 is 2.04 bits per heavy atom. The third-order valence-corrected chi connectivity index (χ3v) is 3.58. The zero-order chi connectivity index (χ0) is 18.8. The molecule has 0 unspecified atom stereocenters. The van der Waals surface area contributed by atoms with Crippen molar-refractivity contribution in [3.8, 4) is 0 Å². The van der Waals surface area contributed by atoms with Crippen LogP contribution in [0.25, 0.3) is 0 Å². The fourth-order valence-corrected chi connectivity index (χ4v) is 2.50. The number of nitrogens with zero attached hydrogens (tertiary/aromatic N) is 3. The van der Waals surface area contributed by atoms with Crippen LogP contribution in [-0.4, -0.2) is 27.2 Å². The van der Waals surface area contributed by atoms with Gasteiger partial charge in [0.2, 0.25) is 0 Å². The Bertz CT molecular complexity index is 825. The van der Waals surface area contributed by atoms with Crippen LogP contribution in [0.5, 0.6) is 0 Å². The maximum atomic E-state index is 14.4. The maximum absolute atomic E-state index is 14.4. The molecule has 0 bridgehead atoms. The van der Waals surface area contributed by atoms with Gasteiger partial charge < -0.3 is 4.74 Å². The molecule has 0 saturated carbocycles. The molecule has 2 rings (SSSR count). The monoisotopic (exact) mass is 410 g/mol. The largest absolute Gasteiger partial charge is 0.443 e. The lowest BCUT2D eigenvalue weighted by molar-refractivity contribution is 0.0529. The van der Waals surface area contributed by atoms with Crippen LogP contribution in [0.2, 0.25) is 0 Å². The Balaban J connectivity index is 2.44. The number of amides is 1. The lowest BCUT2D eigenvalue weighted by Crippen LogP contribution is -2.31. The number of hydrogen-bond acceptors (Lipinski definition) is 4. The number of rotatable bonds is 3. The molecule has 0 spiro atoms. The van der Waals surface area contributed by atoms with Gasteiger partial charge in [-0.3, -0.25) is 4.68 Å². The van der Waals surface area contributed by atoms with Crippen LogP contribution in [0.1, 0.15) is 37.7 Å². The number of hydrazone groups is 1. The summed E-state index contributed by atoms with van der Waals surface area (Å²) in [6.45, 7) is 7.06. The van der Waals surface area contributed by atoms with Gasteiger partial charge in [0, 0.05) is 17.1 Å². The van der Waals surface area contributed by atoms with Crippen LogP contribution >= 0.6 is 15.9 Å². The highest BCUT2D eigenvalue weighted by Crippen LogP contribution is 2.19. The predicted octanol–water partition coefficient (Wildman–Crippen LogP) is 3.91. The second-order valence-corrected chi connectivity index (χ2v) is 7.41. The Hall–Kier alpha value is -2.22. The SMILES string of the molecule is Cc1cc(/C(=N/NC(=O)OC(C)(C)C)c2ccc(Br)cc2F)n(C)n1. The van der Waals surface area contributed by atoms with E-state index in [4.69, 9.17) is 4.74 Å². The highest BCUT2D eigenvalue weighted by atomic mass is 79.9. The predicted molar refractivity (Wildman–Crippen MR) is 97.1 cm³/mol. The highest BCUT2D eigenvalue weighted by molar-refractivity contribution is 9.10. The van der Waals surface area contributed by atoms with Crippen molar-refractivity contribution in [2.24, 2.45) is 12.1 Å². The molecule has 0 aliphatic carbocycles. The second-order valence-electron chi connectivity index (χ2n) is 6.49. The average molecular weight is 411 g/mol. The van der Waals surface area contributed by atoms with Gasteiger partial charge in [-0.05, 0) is 52.0 Å². The topological polar surface area (TPSA) is 68.5 Å². The van der Waals surface area contributed by atoms with Crippen molar-refractivity contribution in [2.45, 2.75) is 33.3 Å². The standard InChI is InChI=1S/C17H20BrFN4O2/c1-10-8-14(23(5)22-10)15(12-7-6-11(18)9-13(12)19)20-21-16(24)25-17(2,3)4/h6-9H,1-5H3,(H,21,24)/b20-15+. The maximum Gasteiger partial charge on any atom is 0.428 e. The number of aryl methyl sites for hydroxylation is 2. The first-order valence-electron chi connectivity index (χ1n) is 7.60. The molecular weight excluding hydrogens is 391 g/mol. The summed E-state index contributed by atoms with van der Waals surface area (Å²) in [7, 11) is 1.72. The van der Waals surface area contributed by atoms with Crippen LogP contribution in [0.3, 0.4) is 0 Å². The normalized spacial score (nSPS) is 12.2. The van der Waals surface area contributed by atoms with E-state index in [0.717, 1.165) is 5.69 Å². The molecule has 0 atom stereocenters. The first-order chi connectivity index (χ1) is 11.6. The summed E-state index contributed by atoms with van der Waals surface area (Å²) in [6.07, 6.45) is -0.721. The zero-order valence-corrected chi connectivity index (χ0v) is 16.3. The molecule has 6 nitrogen and oxygen atoms in total. The van der Waals surface area contributed by atoms with E-state index in [-0.39, 0.29) is 11.3 Å². The third-order valence-electron chi connectivity index (χ3n) is 3.09. The fraction of sp³-hybridized carbons (Fsp3) is 0.353. The lowest BCUT2D eigenvalue weighted by atomic mass is 10.1. The molecule has 1 N–H and O–H groups in total. The van der Waals surface area contributed by atoms with Crippen molar-refractivity contribution in [2.75, 3.05) is 0 Å². The number of hydrogen-bond donors (Lipinski definition) is 1. The molecule has 0 saturated heterocycles. The molecule has 1 aromatic heterocycles.